The van der Waals surface area contributed by atoms with Gasteiger partial charge in [-0.05, 0) is 38.5 Å². The maximum Gasteiger partial charge on any atom is 0.339 e. The van der Waals surface area contributed by atoms with Crippen LogP contribution in [0.3, 0.4) is 0 Å². The number of ether oxygens (including phenoxy) is 1. The Balaban J connectivity index is 1.98. The minimum atomic E-state index is -0.381. The molecule has 2 rings (SSSR count). The molecule has 132 valence electrons. The number of aryl methyl sites for hydroxylation is 1. The number of hydrogen-bond donors (Lipinski definition) is 1. The lowest BCUT2D eigenvalue weighted by molar-refractivity contribution is -0.119. The van der Waals surface area contributed by atoms with Gasteiger partial charge in [-0.2, -0.15) is 0 Å². The summed E-state index contributed by atoms with van der Waals surface area (Å²) in [5.41, 5.74) is 2.56. The lowest BCUT2D eigenvalue weighted by atomic mass is 10.1. The van der Waals surface area contributed by atoms with Crippen LogP contribution in [0.1, 0.15) is 35.3 Å². The SMILES string of the molecule is Cc1cccc(COC(=O)c2ccccc2SCC(=O)NC(C)C)c1. The summed E-state index contributed by atoms with van der Waals surface area (Å²) in [4.78, 5) is 25.0. The molecule has 0 heterocycles. The number of rotatable bonds is 7. The molecular formula is C20H23NO3S. The minimum Gasteiger partial charge on any atom is -0.457 e. The molecular weight excluding hydrogens is 334 g/mol. The Morgan fingerprint density at radius 3 is 2.60 bits per heavy atom. The fraction of sp³-hybridized carbons (Fsp3) is 0.300. The van der Waals surface area contributed by atoms with Gasteiger partial charge in [0.05, 0.1) is 11.3 Å². The van der Waals surface area contributed by atoms with E-state index in [1.54, 1.807) is 12.1 Å². The summed E-state index contributed by atoms with van der Waals surface area (Å²) in [6, 6.07) is 15.2. The Hall–Kier alpha value is -2.27. The van der Waals surface area contributed by atoms with Gasteiger partial charge in [-0.15, -0.1) is 11.8 Å². The van der Waals surface area contributed by atoms with E-state index in [-0.39, 0.29) is 30.3 Å². The zero-order chi connectivity index (χ0) is 18.2. The van der Waals surface area contributed by atoms with Crippen LogP contribution in [0, 0.1) is 6.92 Å². The molecule has 0 saturated carbocycles. The number of carbonyl (C=O) groups is 2. The second-order valence-electron chi connectivity index (χ2n) is 6.07. The zero-order valence-corrected chi connectivity index (χ0v) is 15.6. The van der Waals surface area contributed by atoms with Crippen molar-refractivity contribution in [3.05, 3.63) is 65.2 Å². The van der Waals surface area contributed by atoms with Crippen LogP contribution in [0.5, 0.6) is 0 Å². The Kier molecular flexibility index (Phi) is 7.07. The Morgan fingerprint density at radius 2 is 1.88 bits per heavy atom. The maximum atomic E-state index is 12.4. The van der Waals surface area contributed by atoms with Crippen LogP contribution in [0.15, 0.2) is 53.4 Å². The van der Waals surface area contributed by atoms with Crippen molar-refractivity contribution in [3.8, 4) is 0 Å². The van der Waals surface area contributed by atoms with E-state index in [4.69, 9.17) is 4.74 Å². The summed E-state index contributed by atoms with van der Waals surface area (Å²) in [5, 5.41) is 2.84. The summed E-state index contributed by atoms with van der Waals surface area (Å²) in [6.07, 6.45) is 0. The number of esters is 1. The highest BCUT2D eigenvalue weighted by Crippen LogP contribution is 2.23. The minimum absolute atomic E-state index is 0.0528. The number of nitrogens with one attached hydrogen (secondary N) is 1. The molecule has 0 aromatic heterocycles. The molecule has 5 heteroatoms. The van der Waals surface area contributed by atoms with Gasteiger partial charge in [0.25, 0.3) is 0 Å². The van der Waals surface area contributed by atoms with Crippen LogP contribution in [-0.4, -0.2) is 23.7 Å². The molecule has 2 aromatic rings. The highest BCUT2D eigenvalue weighted by atomic mass is 32.2. The number of amides is 1. The van der Waals surface area contributed by atoms with Crippen molar-refractivity contribution in [1.29, 1.82) is 0 Å². The van der Waals surface area contributed by atoms with E-state index in [1.165, 1.54) is 11.8 Å². The first-order valence-corrected chi connectivity index (χ1v) is 9.18. The van der Waals surface area contributed by atoms with Crippen LogP contribution in [0.25, 0.3) is 0 Å². The van der Waals surface area contributed by atoms with Gasteiger partial charge in [0.2, 0.25) is 5.91 Å². The molecule has 0 fully saturated rings. The zero-order valence-electron chi connectivity index (χ0n) is 14.7. The van der Waals surface area contributed by atoms with Gasteiger partial charge in [-0.25, -0.2) is 4.79 Å². The highest BCUT2D eigenvalue weighted by Gasteiger charge is 2.14. The molecule has 0 aliphatic carbocycles. The lowest BCUT2D eigenvalue weighted by Crippen LogP contribution is -2.31. The molecule has 0 aliphatic heterocycles. The molecule has 0 saturated heterocycles. The number of carbonyl (C=O) groups excluding carboxylic acids is 2. The van der Waals surface area contributed by atoms with Crippen molar-refractivity contribution in [2.24, 2.45) is 0 Å². The predicted octanol–water partition coefficient (Wildman–Crippen LogP) is 3.97. The van der Waals surface area contributed by atoms with E-state index >= 15 is 0 Å². The summed E-state index contributed by atoms with van der Waals surface area (Å²) in [6.45, 7) is 6.06. The fourth-order valence-electron chi connectivity index (χ4n) is 2.30. The third kappa shape index (κ3) is 6.27. The first-order valence-electron chi connectivity index (χ1n) is 8.19. The lowest BCUT2D eigenvalue weighted by Gasteiger charge is -2.11. The van der Waals surface area contributed by atoms with Crippen LogP contribution in [-0.2, 0) is 16.1 Å². The van der Waals surface area contributed by atoms with Gasteiger partial charge in [-0.3, -0.25) is 4.79 Å². The molecule has 0 atom stereocenters. The third-order valence-corrected chi connectivity index (χ3v) is 4.44. The van der Waals surface area contributed by atoms with E-state index in [9.17, 15) is 9.59 Å². The van der Waals surface area contributed by atoms with Crippen molar-refractivity contribution in [2.75, 3.05) is 5.75 Å². The second kappa shape index (κ2) is 9.28. The van der Waals surface area contributed by atoms with Gasteiger partial charge < -0.3 is 10.1 Å². The van der Waals surface area contributed by atoms with Crippen LogP contribution in [0.4, 0.5) is 0 Å². The number of hydrogen-bond acceptors (Lipinski definition) is 4. The molecule has 0 spiro atoms. The van der Waals surface area contributed by atoms with Crippen molar-refractivity contribution in [2.45, 2.75) is 38.3 Å². The quantitative estimate of drug-likeness (QED) is 0.602. The third-order valence-electron chi connectivity index (χ3n) is 3.37. The standard InChI is InChI=1S/C20H23NO3S/c1-14(2)21-19(22)13-25-18-10-5-4-9-17(18)20(23)24-12-16-8-6-7-15(3)11-16/h4-11,14H,12-13H2,1-3H3,(H,21,22). The number of thioether (sulfide) groups is 1. The van der Waals surface area contributed by atoms with Crippen LogP contribution >= 0.6 is 11.8 Å². The number of benzene rings is 2. The highest BCUT2D eigenvalue weighted by molar-refractivity contribution is 8.00. The van der Waals surface area contributed by atoms with Crippen molar-refractivity contribution < 1.29 is 14.3 Å². The monoisotopic (exact) mass is 357 g/mol. The summed E-state index contributed by atoms with van der Waals surface area (Å²) in [5.74, 6) is -0.169. The van der Waals surface area contributed by atoms with Crippen molar-refractivity contribution in [3.63, 3.8) is 0 Å². The predicted molar refractivity (Wildman–Crippen MR) is 101 cm³/mol. The van der Waals surface area contributed by atoms with Gasteiger partial charge in [0.1, 0.15) is 6.61 Å². The summed E-state index contributed by atoms with van der Waals surface area (Å²) in [7, 11) is 0. The molecule has 4 nitrogen and oxygen atoms in total. The summed E-state index contributed by atoms with van der Waals surface area (Å²) >= 11 is 1.34. The molecule has 0 aliphatic rings. The maximum absolute atomic E-state index is 12.4. The first kappa shape index (κ1) is 19.1. The van der Waals surface area contributed by atoms with E-state index < -0.39 is 0 Å². The molecule has 0 radical (unpaired) electrons. The van der Waals surface area contributed by atoms with E-state index in [0.29, 0.717) is 5.56 Å². The van der Waals surface area contributed by atoms with Gasteiger partial charge in [0, 0.05) is 10.9 Å². The molecule has 25 heavy (non-hydrogen) atoms. The molecule has 2 aromatic carbocycles. The first-order chi connectivity index (χ1) is 12.0. The van der Waals surface area contributed by atoms with Crippen LogP contribution in [0.2, 0.25) is 0 Å². The average Bonchev–Trinajstić information content (AvgIpc) is 2.57. The van der Waals surface area contributed by atoms with E-state index in [2.05, 4.69) is 5.32 Å². The molecule has 0 bridgehead atoms. The Labute approximate surface area is 153 Å². The van der Waals surface area contributed by atoms with Gasteiger partial charge in [0.15, 0.2) is 0 Å². The Morgan fingerprint density at radius 1 is 1.12 bits per heavy atom. The summed E-state index contributed by atoms with van der Waals surface area (Å²) < 4.78 is 5.43. The molecule has 0 unspecified atom stereocenters. The average molecular weight is 357 g/mol. The van der Waals surface area contributed by atoms with Gasteiger partial charge >= 0.3 is 5.97 Å². The van der Waals surface area contributed by atoms with Gasteiger partial charge in [-0.1, -0.05) is 42.0 Å². The van der Waals surface area contributed by atoms with Crippen molar-refractivity contribution in [1.82, 2.24) is 5.32 Å². The van der Waals surface area contributed by atoms with E-state index in [1.807, 2.05) is 57.2 Å². The topological polar surface area (TPSA) is 55.4 Å². The normalized spacial score (nSPS) is 10.6. The largest absolute Gasteiger partial charge is 0.457 e. The molecule has 1 N–H and O–H groups in total. The fourth-order valence-corrected chi connectivity index (χ4v) is 3.15. The Bertz CT molecular complexity index is 743. The van der Waals surface area contributed by atoms with Crippen molar-refractivity contribution >= 4 is 23.6 Å². The van der Waals surface area contributed by atoms with E-state index in [0.717, 1.165) is 16.0 Å². The molecule has 1 amide bonds. The second-order valence-corrected chi connectivity index (χ2v) is 7.09. The smallest absolute Gasteiger partial charge is 0.339 e. The van der Waals surface area contributed by atoms with Crippen LogP contribution < -0.4 is 5.32 Å².